The van der Waals surface area contributed by atoms with Crippen molar-refractivity contribution in [3.05, 3.63) is 58.2 Å². The maximum atomic E-state index is 12.4. The van der Waals surface area contributed by atoms with Gasteiger partial charge in [0.05, 0.1) is 30.7 Å². The molecule has 4 rings (SSSR count). The molecule has 8 nitrogen and oxygen atoms in total. The minimum Gasteiger partial charge on any atom is -0.487 e. The van der Waals surface area contributed by atoms with E-state index in [0.29, 0.717) is 25.4 Å². The minimum absolute atomic E-state index is 0.0447. The Morgan fingerprint density at radius 1 is 1.20 bits per heavy atom. The number of nitrogens with zero attached hydrogens (tertiary/aromatic N) is 3. The second kappa shape index (κ2) is 11.1. The highest BCUT2D eigenvalue weighted by molar-refractivity contribution is 9.10. The number of ether oxygens (including phenoxy) is 3. The summed E-state index contributed by atoms with van der Waals surface area (Å²) < 4.78 is 19.5. The molecule has 1 saturated heterocycles. The molecule has 0 N–H and O–H groups in total. The lowest BCUT2D eigenvalue weighted by molar-refractivity contribution is -0.142. The Kier molecular flexibility index (Phi) is 7.95. The van der Waals surface area contributed by atoms with Crippen molar-refractivity contribution in [1.29, 1.82) is 0 Å². The van der Waals surface area contributed by atoms with Gasteiger partial charge in [0.15, 0.2) is 0 Å². The Balaban J connectivity index is 1.55. The topological polar surface area (TPSA) is 82.9 Å². The number of carbonyl (C=O) groups excluding carboxylic acids is 2. The lowest BCUT2D eigenvalue weighted by Gasteiger charge is -2.18. The second-order valence-corrected chi connectivity index (χ2v) is 9.67. The summed E-state index contributed by atoms with van der Waals surface area (Å²) >= 11 is 3.56. The summed E-state index contributed by atoms with van der Waals surface area (Å²) in [4.78, 5) is 26.1. The van der Waals surface area contributed by atoms with Gasteiger partial charge in [-0.2, -0.15) is 5.10 Å². The number of hydrogen-bond acceptors (Lipinski definition) is 6. The molecule has 0 spiro atoms. The summed E-state index contributed by atoms with van der Waals surface area (Å²) in [6.07, 6.45) is 0.501. The molecule has 3 aromatic rings. The molecule has 1 aromatic heterocycles. The van der Waals surface area contributed by atoms with Crippen LogP contribution in [0.15, 0.2) is 46.9 Å². The summed E-state index contributed by atoms with van der Waals surface area (Å²) in [7, 11) is 0. The molecule has 1 aliphatic heterocycles. The first-order valence-corrected chi connectivity index (χ1v) is 12.6. The Hall–Kier alpha value is -3.07. The van der Waals surface area contributed by atoms with E-state index in [1.54, 1.807) is 11.8 Å². The molecular weight excluding hydrogens is 514 g/mol. The van der Waals surface area contributed by atoms with Crippen molar-refractivity contribution < 1.29 is 23.8 Å². The SMILES string of the molecule is CCOC(=O)Cc1ccccc1OCc1nn(C2CCN(C(=O)OC(C)C)C2)c2ccc(Br)cc12. The van der Waals surface area contributed by atoms with Gasteiger partial charge in [0.25, 0.3) is 0 Å². The Labute approximate surface area is 213 Å². The van der Waals surface area contributed by atoms with E-state index in [2.05, 4.69) is 15.9 Å². The Morgan fingerprint density at radius 2 is 2.00 bits per heavy atom. The zero-order valence-corrected chi connectivity index (χ0v) is 21.8. The molecular formula is C26H30BrN3O5. The van der Waals surface area contributed by atoms with Crippen LogP contribution < -0.4 is 4.74 Å². The van der Waals surface area contributed by atoms with Gasteiger partial charge in [0.1, 0.15) is 18.1 Å². The fourth-order valence-electron chi connectivity index (χ4n) is 4.25. The molecule has 0 saturated carbocycles. The van der Waals surface area contributed by atoms with Crippen molar-refractivity contribution >= 4 is 38.9 Å². The van der Waals surface area contributed by atoms with Gasteiger partial charge in [0, 0.05) is 28.5 Å². The molecule has 9 heteroatoms. The van der Waals surface area contributed by atoms with E-state index in [-0.39, 0.29) is 37.2 Å². The number of fused-ring (bicyclic) bond motifs is 1. The maximum Gasteiger partial charge on any atom is 0.410 e. The van der Waals surface area contributed by atoms with E-state index in [4.69, 9.17) is 19.3 Å². The lowest BCUT2D eigenvalue weighted by atomic mass is 10.1. The molecule has 2 heterocycles. The Bertz CT molecular complexity index is 1210. The number of halogens is 1. The Morgan fingerprint density at radius 3 is 2.77 bits per heavy atom. The van der Waals surface area contributed by atoms with Crippen molar-refractivity contribution in [2.24, 2.45) is 0 Å². The maximum absolute atomic E-state index is 12.4. The summed E-state index contributed by atoms with van der Waals surface area (Å²) in [6.45, 7) is 7.24. The van der Waals surface area contributed by atoms with Crippen molar-refractivity contribution in [3.63, 3.8) is 0 Å². The highest BCUT2D eigenvalue weighted by Crippen LogP contribution is 2.31. The summed E-state index contributed by atoms with van der Waals surface area (Å²) in [6, 6.07) is 13.5. The monoisotopic (exact) mass is 543 g/mol. The highest BCUT2D eigenvalue weighted by atomic mass is 79.9. The predicted octanol–water partition coefficient (Wildman–Crippen LogP) is 5.28. The minimum atomic E-state index is -0.288. The lowest BCUT2D eigenvalue weighted by Crippen LogP contribution is -2.31. The van der Waals surface area contributed by atoms with Gasteiger partial charge in [-0.25, -0.2) is 4.79 Å². The predicted molar refractivity (Wildman–Crippen MR) is 135 cm³/mol. The van der Waals surface area contributed by atoms with E-state index in [0.717, 1.165) is 33.1 Å². The fourth-order valence-corrected chi connectivity index (χ4v) is 4.61. The molecule has 0 aliphatic carbocycles. The molecule has 1 atom stereocenters. The largest absolute Gasteiger partial charge is 0.487 e. The van der Waals surface area contributed by atoms with Crippen molar-refractivity contribution in [1.82, 2.24) is 14.7 Å². The molecule has 2 aromatic carbocycles. The third-order valence-electron chi connectivity index (χ3n) is 5.83. The normalized spacial score (nSPS) is 15.6. The average Bonchev–Trinajstić information content (AvgIpc) is 3.43. The fraction of sp³-hybridized carbons (Fsp3) is 0.423. The molecule has 186 valence electrons. The van der Waals surface area contributed by atoms with Crippen LogP contribution in [0.5, 0.6) is 5.75 Å². The van der Waals surface area contributed by atoms with Gasteiger partial charge < -0.3 is 19.1 Å². The van der Waals surface area contributed by atoms with E-state index in [9.17, 15) is 9.59 Å². The van der Waals surface area contributed by atoms with Crippen LogP contribution in [-0.4, -0.2) is 52.5 Å². The van der Waals surface area contributed by atoms with Crippen LogP contribution in [0.2, 0.25) is 0 Å². The smallest absolute Gasteiger partial charge is 0.410 e. The van der Waals surface area contributed by atoms with Crippen LogP contribution in [0.4, 0.5) is 4.79 Å². The quantitative estimate of drug-likeness (QED) is 0.359. The van der Waals surface area contributed by atoms with E-state index in [1.165, 1.54) is 0 Å². The average molecular weight is 544 g/mol. The number of esters is 1. The summed E-state index contributed by atoms with van der Waals surface area (Å²) in [5, 5.41) is 5.88. The third kappa shape index (κ3) is 5.96. The zero-order valence-electron chi connectivity index (χ0n) is 20.2. The first kappa shape index (κ1) is 25.0. The molecule has 1 aliphatic rings. The van der Waals surface area contributed by atoms with Crippen molar-refractivity contribution in [2.45, 2.75) is 52.4 Å². The molecule has 1 fully saturated rings. The molecule has 0 bridgehead atoms. The number of para-hydroxylation sites is 1. The van der Waals surface area contributed by atoms with Crippen molar-refractivity contribution in [3.8, 4) is 5.75 Å². The molecule has 1 unspecified atom stereocenters. The number of rotatable bonds is 8. The molecule has 35 heavy (non-hydrogen) atoms. The standard InChI is InChI=1S/C26H30BrN3O5/c1-4-33-25(31)13-18-7-5-6-8-24(18)34-16-22-21-14-19(27)9-10-23(21)30(28-22)20-11-12-29(15-20)26(32)35-17(2)3/h5-10,14,17,20H,4,11-13,15-16H2,1-3H3. The van der Waals surface area contributed by atoms with Crippen LogP contribution in [0, 0.1) is 0 Å². The number of hydrogen-bond donors (Lipinski definition) is 0. The van der Waals surface area contributed by atoms with E-state index in [1.807, 2.05) is 61.0 Å². The van der Waals surface area contributed by atoms with Gasteiger partial charge in [-0.1, -0.05) is 34.1 Å². The van der Waals surface area contributed by atoms with Crippen LogP contribution in [0.1, 0.15) is 44.5 Å². The number of aromatic nitrogens is 2. The van der Waals surface area contributed by atoms with Crippen LogP contribution in [-0.2, 0) is 27.3 Å². The number of likely N-dealkylation sites (tertiary alicyclic amines) is 1. The number of amides is 1. The van der Waals surface area contributed by atoms with Crippen LogP contribution in [0.3, 0.4) is 0 Å². The summed E-state index contributed by atoms with van der Waals surface area (Å²) in [5.74, 6) is 0.339. The first-order valence-electron chi connectivity index (χ1n) is 11.8. The zero-order chi connectivity index (χ0) is 24.9. The number of carbonyl (C=O) groups is 2. The highest BCUT2D eigenvalue weighted by Gasteiger charge is 2.31. The van der Waals surface area contributed by atoms with E-state index < -0.39 is 0 Å². The molecule has 0 radical (unpaired) electrons. The second-order valence-electron chi connectivity index (χ2n) is 8.75. The van der Waals surface area contributed by atoms with Crippen molar-refractivity contribution in [2.75, 3.05) is 19.7 Å². The van der Waals surface area contributed by atoms with Crippen LogP contribution >= 0.6 is 15.9 Å². The third-order valence-corrected chi connectivity index (χ3v) is 6.32. The summed E-state index contributed by atoms with van der Waals surface area (Å²) in [5.41, 5.74) is 2.54. The van der Waals surface area contributed by atoms with Crippen LogP contribution in [0.25, 0.3) is 10.9 Å². The number of benzene rings is 2. The van der Waals surface area contributed by atoms with Gasteiger partial charge in [-0.05, 0) is 51.5 Å². The van der Waals surface area contributed by atoms with Gasteiger partial charge in [-0.3, -0.25) is 9.48 Å². The molecule has 1 amide bonds. The first-order chi connectivity index (χ1) is 16.9. The van der Waals surface area contributed by atoms with Gasteiger partial charge in [-0.15, -0.1) is 0 Å². The van der Waals surface area contributed by atoms with Gasteiger partial charge in [0.2, 0.25) is 0 Å². The van der Waals surface area contributed by atoms with E-state index >= 15 is 0 Å². The van der Waals surface area contributed by atoms with Gasteiger partial charge >= 0.3 is 12.1 Å².